The number of urea groups is 1. The van der Waals surface area contributed by atoms with E-state index in [9.17, 15) is 18.8 Å². The van der Waals surface area contributed by atoms with E-state index in [0.717, 1.165) is 12.1 Å². The topological polar surface area (TPSA) is 84.5 Å². The molecule has 0 aliphatic carbocycles. The smallest absolute Gasteiger partial charge is 0.333 e. The number of nitrogens with one attached hydrogen (secondary N) is 2. The first-order chi connectivity index (χ1) is 9.45. The lowest BCUT2D eigenvalue weighted by atomic mass is 10.1. The Kier molecular flexibility index (Phi) is 3.79. The Bertz CT molecular complexity index is 625. The molecule has 1 aliphatic heterocycles. The number of hydrogen-bond donors (Lipinski definition) is 2. The normalized spacial score (nSPS) is 13.5. The number of ketones is 1. The molecule has 0 fully saturated rings. The molecule has 1 aromatic rings. The van der Waals surface area contributed by atoms with Crippen LogP contribution in [0.15, 0.2) is 30.0 Å². The van der Waals surface area contributed by atoms with Gasteiger partial charge < -0.3 is 15.4 Å². The monoisotopic (exact) mass is 278 g/mol. The summed E-state index contributed by atoms with van der Waals surface area (Å²) < 4.78 is 17.9. The lowest BCUT2D eigenvalue weighted by Crippen LogP contribution is -2.28. The first-order valence-corrected chi connectivity index (χ1v) is 5.71. The highest BCUT2D eigenvalue weighted by atomic mass is 19.1. The predicted octanol–water partition coefficient (Wildman–Crippen LogP) is 1.59. The molecule has 2 rings (SSSR count). The summed E-state index contributed by atoms with van der Waals surface area (Å²) in [5.41, 5.74) is 0.475. The van der Waals surface area contributed by atoms with E-state index in [1.807, 2.05) is 0 Å². The van der Waals surface area contributed by atoms with E-state index in [0.29, 0.717) is 5.70 Å². The van der Waals surface area contributed by atoms with Gasteiger partial charge in [0.25, 0.3) is 0 Å². The number of esters is 1. The molecule has 0 saturated carbocycles. The molecule has 0 saturated heterocycles. The summed E-state index contributed by atoms with van der Waals surface area (Å²) >= 11 is 0. The largest absolute Gasteiger partial charge is 0.456 e. The number of benzene rings is 1. The Labute approximate surface area is 113 Å². The number of halogens is 1. The van der Waals surface area contributed by atoms with Crippen molar-refractivity contribution in [3.05, 3.63) is 41.4 Å². The molecule has 104 valence electrons. The first kappa shape index (κ1) is 13.7. The average molecular weight is 278 g/mol. The molecule has 0 unspecified atom stereocenters. The molecule has 0 radical (unpaired) electrons. The molecular weight excluding hydrogens is 267 g/mol. The summed E-state index contributed by atoms with van der Waals surface area (Å²) in [5.74, 6) is -1.62. The van der Waals surface area contributed by atoms with Crippen molar-refractivity contribution in [2.45, 2.75) is 6.92 Å². The zero-order chi connectivity index (χ0) is 14.7. The number of Topliss-reactive ketones (excluding diaryl/α,β-unsaturated/α-hetero) is 1. The fourth-order valence-corrected chi connectivity index (χ4v) is 1.63. The van der Waals surface area contributed by atoms with Gasteiger partial charge in [0.2, 0.25) is 0 Å². The summed E-state index contributed by atoms with van der Waals surface area (Å²) in [6, 6.07) is 3.04. The first-order valence-electron chi connectivity index (χ1n) is 5.71. The molecule has 0 bridgehead atoms. The molecule has 0 atom stereocenters. The van der Waals surface area contributed by atoms with Gasteiger partial charge in [0.15, 0.2) is 5.78 Å². The second kappa shape index (κ2) is 5.52. The van der Waals surface area contributed by atoms with Gasteiger partial charge in [-0.2, -0.15) is 0 Å². The van der Waals surface area contributed by atoms with Crippen LogP contribution in [0.1, 0.15) is 17.3 Å². The van der Waals surface area contributed by atoms with Crippen LogP contribution in [0.5, 0.6) is 0 Å². The molecule has 2 amide bonds. The van der Waals surface area contributed by atoms with Crippen LogP contribution in [-0.2, 0) is 9.53 Å². The summed E-state index contributed by atoms with van der Waals surface area (Å²) in [4.78, 5) is 33.6. The summed E-state index contributed by atoms with van der Waals surface area (Å²) in [7, 11) is 0. The molecule has 1 aromatic carbocycles. The van der Waals surface area contributed by atoms with E-state index in [1.54, 1.807) is 0 Å². The maximum absolute atomic E-state index is 13.3. The number of carbonyl (C=O) groups is 3. The molecule has 7 heteroatoms. The van der Waals surface area contributed by atoms with Gasteiger partial charge in [-0.05, 0) is 25.1 Å². The Balaban J connectivity index is 2.04. The highest BCUT2D eigenvalue weighted by molar-refractivity contribution is 5.97. The van der Waals surface area contributed by atoms with Gasteiger partial charge in [0, 0.05) is 11.8 Å². The van der Waals surface area contributed by atoms with Crippen LogP contribution in [0, 0.1) is 5.82 Å². The number of ether oxygens (including phenoxy) is 1. The second-order valence-corrected chi connectivity index (χ2v) is 4.11. The van der Waals surface area contributed by atoms with E-state index in [4.69, 9.17) is 0 Å². The van der Waals surface area contributed by atoms with Crippen LogP contribution < -0.4 is 10.6 Å². The third-order valence-corrected chi connectivity index (χ3v) is 2.54. The van der Waals surface area contributed by atoms with Crippen molar-refractivity contribution in [2.75, 3.05) is 11.9 Å². The number of rotatable bonds is 3. The van der Waals surface area contributed by atoms with E-state index < -0.39 is 23.6 Å². The van der Waals surface area contributed by atoms with Crippen LogP contribution in [0.25, 0.3) is 0 Å². The maximum Gasteiger partial charge on any atom is 0.333 e. The van der Waals surface area contributed by atoms with Crippen LogP contribution >= 0.6 is 0 Å². The molecule has 1 aliphatic rings. The molecule has 6 nitrogen and oxygen atoms in total. The van der Waals surface area contributed by atoms with Crippen molar-refractivity contribution >= 4 is 23.5 Å². The predicted molar refractivity (Wildman–Crippen MR) is 67.6 cm³/mol. The van der Waals surface area contributed by atoms with Crippen molar-refractivity contribution in [1.82, 2.24) is 5.32 Å². The van der Waals surface area contributed by atoms with Crippen molar-refractivity contribution < 1.29 is 23.5 Å². The van der Waals surface area contributed by atoms with Crippen molar-refractivity contribution in [2.24, 2.45) is 0 Å². The van der Waals surface area contributed by atoms with Crippen molar-refractivity contribution in [3.8, 4) is 0 Å². The minimum atomic E-state index is -0.652. The molecule has 2 N–H and O–H groups in total. The molecule has 1 heterocycles. The van der Waals surface area contributed by atoms with Gasteiger partial charge >= 0.3 is 12.0 Å². The van der Waals surface area contributed by atoms with Gasteiger partial charge in [0.05, 0.1) is 11.3 Å². The Hall–Kier alpha value is -2.70. The summed E-state index contributed by atoms with van der Waals surface area (Å²) in [6.45, 7) is 1.23. The summed E-state index contributed by atoms with van der Waals surface area (Å²) in [5, 5.41) is 4.84. The zero-order valence-electron chi connectivity index (χ0n) is 10.5. The quantitative estimate of drug-likeness (QED) is 0.649. The zero-order valence-corrected chi connectivity index (χ0v) is 10.5. The van der Waals surface area contributed by atoms with E-state index in [2.05, 4.69) is 15.4 Å². The van der Waals surface area contributed by atoms with Crippen LogP contribution in [0.4, 0.5) is 14.9 Å². The van der Waals surface area contributed by atoms with Gasteiger partial charge in [-0.25, -0.2) is 14.0 Å². The minimum Gasteiger partial charge on any atom is -0.456 e. The third-order valence-electron chi connectivity index (χ3n) is 2.54. The fourth-order valence-electron chi connectivity index (χ4n) is 1.63. The number of carbonyl (C=O) groups excluding carboxylic acids is 3. The van der Waals surface area contributed by atoms with E-state index in [1.165, 1.54) is 19.1 Å². The fraction of sp³-hybridized carbons (Fsp3) is 0.154. The third kappa shape index (κ3) is 3.19. The number of hydrogen-bond acceptors (Lipinski definition) is 4. The van der Waals surface area contributed by atoms with Crippen LogP contribution in [0.3, 0.4) is 0 Å². The Morgan fingerprint density at radius 3 is 2.65 bits per heavy atom. The lowest BCUT2D eigenvalue weighted by Gasteiger charge is -2.08. The minimum absolute atomic E-state index is 0.00559. The van der Waals surface area contributed by atoms with Crippen molar-refractivity contribution in [3.63, 3.8) is 0 Å². The highest BCUT2D eigenvalue weighted by Gasteiger charge is 2.15. The maximum atomic E-state index is 13.3. The van der Waals surface area contributed by atoms with Gasteiger partial charge in [-0.1, -0.05) is 0 Å². The molecule has 20 heavy (non-hydrogen) atoms. The average Bonchev–Trinajstić information content (AvgIpc) is 2.76. The second-order valence-electron chi connectivity index (χ2n) is 4.11. The molecule has 0 spiro atoms. The summed E-state index contributed by atoms with van der Waals surface area (Å²) in [6.07, 6.45) is 1.16. The Morgan fingerprint density at radius 2 is 2.05 bits per heavy atom. The number of cyclic esters (lactones) is 1. The van der Waals surface area contributed by atoms with Gasteiger partial charge in [-0.15, -0.1) is 0 Å². The van der Waals surface area contributed by atoms with Gasteiger partial charge in [0.1, 0.15) is 12.4 Å². The van der Waals surface area contributed by atoms with E-state index >= 15 is 0 Å². The number of amides is 2. The van der Waals surface area contributed by atoms with Crippen LogP contribution in [-0.4, -0.2) is 24.4 Å². The molecular formula is C13H11FN2O4. The Morgan fingerprint density at radius 1 is 1.30 bits per heavy atom. The van der Waals surface area contributed by atoms with E-state index in [-0.39, 0.29) is 17.9 Å². The molecule has 0 aromatic heterocycles. The standard InChI is InChI=1S/C13H11FN2O4/c1-7(17)10-4-8(2-3-11(10)14)15-13(19)16-9-5-12(18)20-6-9/h2-5H,6H2,1H3,(H2,15,16,19). The van der Waals surface area contributed by atoms with Crippen LogP contribution in [0.2, 0.25) is 0 Å². The van der Waals surface area contributed by atoms with Crippen molar-refractivity contribution in [1.29, 1.82) is 0 Å². The SMILES string of the molecule is CC(=O)c1cc(NC(=O)NC2=CC(=O)OC2)ccc1F. The highest BCUT2D eigenvalue weighted by Crippen LogP contribution is 2.15. The number of anilines is 1. The lowest BCUT2D eigenvalue weighted by molar-refractivity contribution is -0.134. The van der Waals surface area contributed by atoms with Gasteiger partial charge in [-0.3, -0.25) is 4.79 Å².